The zero-order valence-corrected chi connectivity index (χ0v) is 21.8. The van der Waals surface area contributed by atoms with Crippen LogP contribution in [-0.2, 0) is 16.8 Å². The fourth-order valence-electron chi connectivity index (χ4n) is 4.90. The number of piperidine rings is 1. The van der Waals surface area contributed by atoms with E-state index in [1.54, 1.807) is 4.90 Å². The SMILES string of the molecule is CC(C)Oc1cc2c(cc1CN[C@H]1CCCN[C@H]1c1ccccc1)C(C)(C)C(=O)N2C.Cl.Cl. The van der Waals surface area contributed by atoms with Crippen molar-refractivity contribution in [3.63, 3.8) is 0 Å². The third-order valence-electron chi connectivity index (χ3n) is 6.59. The number of amides is 1. The quantitative estimate of drug-likeness (QED) is 0.583. The number of anilines is 1. The number of benzene rings is 2. The molecule has 0 saturated carbocycles. The van der Waals surface area contributed by atoms with Crippen LogP contribution < -0.4 is 20.3 Å². The molecule has 33 heavy (non-hydrogen) atoms. The molecule has 2 heterocycles. The molecule has 1 saturated heterocycles. The Morgan fingerprint density at radius 1 is 1.18 bits per heavy atom. The Bertz CT molecular complexity index is 950. The number of hydrogen-bond acceptors (Lipinski definition) is 4. The van der Waals surface area contributed by atoms with E-state index in [-0.39, 0.29) is 36.8 Å². The fourth-order valence-corrected chi connectivity index (χ4v) is 4.90. The highest BCUT2D eigenvalue weighted by molar-refractivity contribution is 6.07. The Labute approximate surface area is 210 Å². The van der Waals surface area contributed by atoms with Gasteiger partial charge in [-0.3, -0.25) is 4.79 Å². The van der Waals surface area contributed by atoms with E-state index in [2.05, 4.69) is 47.0 Å². The van der Waals surface area contributed by atoms with Gasteiger partial charge in [-0.15, -0.1) is 24.8 Å². The molecule has 1 amide bonds. The van der Waals surface area contributed by atoms with Crippen LogP contribution in [0.2, 0.25) is 0 Å². The highest BCUT2D eigenvalue weighted by atomic mass is 35.5. The molecule has 0 aliphatic carbocycles. The van der Waals surface area contributed by atoms with Gasteiger partial charge in [-0.25, -0.2) is 0 Å². The van der Waals surface area contributed by atoms with E-state index >= 15 is 0 Å². The van der Waals surface area contributed by atoms with Gasteiger partial charge in [0.1, 0.15) is 5.75 Å². The Kier molecular flexibility index (Phi) is 9.23. The van der Waals surface area contributed by atoms with Gasteiger partial charge in [0.05, 0.1) is 17.2 Å². The summed E-state index contributed by atoms with van der Waals surface area (Å²) < 4.78 is 6.18. The Hall–Kier alpha value is -1.79. The van der Waals surface area contributed by atoms with Gasteiger partial charge in [-0.1, -0.05) is 30.3 Å². The Balaban J connectivity index is 0.00000193. The molecule has 2 atom stereocenters. The van der Waals surface area contributed by atoms with Crippen LogP contribution in [0.5, 0.6) is 5.75 Å². The minimum Gasteiger partial charge on any atom is -0.491 e. The summed E-state index contributed by atoms with van der Waals surface area (Å²) in [5.41, 5.74) is 3.94. The lowest BCUT2D eigenvalue weighted by Crippen LogP contribution is -2.45. The molecule has 0 bridgehead atoms. The van der Waals surface area contributed by atoms with Crippen molar-refractivity contribution < 1.29 is 9.53 Å². The lowest BCUT2D eigenvalue weighted by atomic mass is 9.85. The zero-order valence-electron chi connectivity index (χ0n) is 20.2. The fraction of sp³-hybridized carbons (Fsp3) is 0.500. The molecular weight excluding hydrogens is 457 g/mol. The van der Waals surface area contributed by atoms with Gasteiger partial charge in [-0.2, -0.15) is 0 Å². The smallest absolute Gasteiger partial charge is 0.236 e. The van der Waals surface area contributed by atoms with Crippen LogP contribution in [0.15, 0.2) is 42.5 Å². The van der Waals surface area contributed by atoms with Crippen molar-refractivity contribution in [3.8, 4) is 5.75 Å². The number of nitrogens with zero attached hydrogens (tertiary/aromatic N) is 1. The van der Waals surface area contributed by atoms with Gasteiger partial charge in [0.2, 0.25) is 5.91 Å². The molecule has 1 fully saturated rings. The summed E-state index contributed by atoms with van der Waals surface area (Å²) in [6.45, 7) is 9.85. The molecule has 0 aromatic heterocycles. The second-order valence-electron chi connectivity index (χ2n) is 9.60. The van der Waals surface area contributed by atoms with E-state index < -0.39 is 5.41 Å². The Morgan fingerprint density at radius 2 is 1.88 bits per heavy atom. The van der Waals surface area contributed by atoms with Gasteiger partial charge in [0, 0.05) is 37.3 Å². The summed E-state index contributed by atoms with van der Waals surface area (Å²) in [6.07, 6.45) is 2.36. The topological polar surface area (TPSA) is 53.6 Å². The average molecular weight is 495 g/mol. The molecule has 182 valence electrons. The molecule has 5 nitrogen and oxygen atoms in total. The maximum atomic E-state index is 12.8. The van der Waals surface area contributed by atoms with Crippen LogP contribution in [0.25, 0.3) is 0 Å². The number of ether oxygens (including phenoxy) is 1. The highest BCUT2D eigenvalue weighted by Crippen LogP contribution is 2.44. The first kappa shape index (κ1) is 27.5. The lowest BCUT2D eigenvalue weighted by molar-refractivity contribution is -0.121. The minimum absolute atomic E-state index is 0. The van der Waals surface area contributed by atoms with Gasteiger partial charge < -0.3 is 20.3 Å². The predicted octanol–water partition coefficient (Wildman–Crippen LogP) is 5.15. The van der Waals surface area contributed by atoms with Crippen LogP contribution in [0, 0.1) is 0 Å². The number of carbonyl (C=O) groups is 1. The summed E-state index contributed by atoms with van der Waals surface area (Å²) in [7, 11) is 1.85. The van der Waals surface area contributed by atoms with Crippen molar-refractivity contribution in [2.75, 3.05) is 18.5 Å². The number of rotatable bonds is 6. The minimum atomic E-state index is -0.520. The third kappa shape index (κ3) is 5.48. The van der Waals surface area contributed by atoms with Crippen LogP contribution in [-0.4, -0.2) is 31.6 Å². The molecule has 2 aliphatic rings. The van der Waals surface area contributed by atoms with Crippen LogP contribution >= 0.6 is 24.8 Å². The Morgan fingerprint density at radius 3 is 2.55 bits per heavy atom. The number of nitrogens with one attached hydrogen (secondary N) is 2. The maximum absolute atomic E-state index is 12.8. The second-order valence-corrected chi connectivity index (χ2v) is 9.60. The third-order valence-corrected chi connectivity index (χ3v) is 6.59. The van der Waals surface area contributed by atoms with Crippen molar-refractivity contribution in [2.45, 2.75) is 70.7 Å². The van der Waals surface area contributed by atoms with E-state index in [0.717, 1.165) is 42.0 Å². The number of halogens is 2. The standard InChI is InChI=1S/C26H35N3O2.2ClH/c1-17(2)31-23-15-22-20(26(3,4)25(30)29(22)5)14-19(23)16-28-21-12-9-13-27-24(21)18-10-7-6-8-11-18;;/h6-8,10-11,14-15,17,21,24,27-28H,9,12-13,16H2,1-5H3;2*1H/t21-,24-;;/m0../s1. The number of fused-ring (bicyclic) bond motifs is 1. The van der Waals surface area contributed by atoms with E-state index in [1.165, 1.54) is 5.56 Å². The van der Waals surface area contributed by atoms with Gasteiger partial charge >= 0.3 is 0 Å². The average Bonchev–Trinajstić information content (AvgIpc) is 2.92. The van der Waals surface area contributed by atoms with E-state index in [4.69, 9.17) is 4.74 Å². The summed E-state index contributed by atoms with van der Waals surface area (Å²) in [5, 5.41) is 7.49. The first-order valence-electron chi connectivity index (χ1n) is 11.4. The van der Waals surface area contributed by atoms with E-state index in [9.17, 15) is 4.79 Å². The number of likely N-dealkylation sites (N-methyl/N-ethyl adjacent to an activating group) is 1. The molecule has 0 spiro atoms. The summed E-state index contributed by atoms with van der Waals surface area (Å²) >= 11 is 0. The van der Waals surface area contributed by atoms with Crippen LogP contribution in [0.4, 0.5) is 5.69 Å². The molecule has 2 aromatic rings. The van der Waals surface area contributed by atoms with Crippen LogP contribution in [0.1, 0.15) is 63.3 Å². The summed E-state index contributed by atoms with van der Waals surface area (Å²) in [6, 6.07) is 15.5. The summed E-state index contributed by atoms with van der Waals surface area (Å²) in [4.78, 5) is 14.6. The number of hydrogen-bond donors (Lipinski definition) is 2. The largest absolute Gasteiger partial charge is 0.491 e. The predicted molar refractivity (Wildman–Crippen MR) is 140 cm³/mol. The summed E-state index contributed by atoms with van der Waals surface area (Å²) in [5.74, 6) is 0.988. The molecule has 2 aromatic carbocycles. The van der Waals surface area contributed by atoms with E-state index in [0.29, 0.717) is 18.6 Å². The normalized spacial score (nSPS) is 21.3. The lowest BCUT2D eigenvalue weighted by Gasteiger charge is -2.34. The van der Waals surface area contributed by atoms with Crippen LogP contribution in [0.3, 0.4) is 0 Å². The monoisotopic (exact) mass is 493 g/mol. The molecule has 0 unspecified atom stereocenters. The second kappa shape index (κ2) is 11.1. The molecule has 0 radical (unpaired) electrons. The van der Waals surface area contributed by atoms with Crippen molar-refractivity contribution in [1.82, 2.24) is 10.6 Å². The van der Waals surface area contributed by atoms with E-state index in [1.807, 2.05) is 40.8 Å². The first-order valence-corrected chi connectivity index (χ1v) is 11.4. The molecule has 2 aliphatic heterocycles. The van der Waals surface area contributed by atoms with Crippen molar-refractivity contribution in [3.05, 3.63) is 59.2 Å². The highest BCUT2D eigenvalue weighted by Gasteiger charge is 2.43. The molecule has 2 N–H and O–H groups in total. The first-order chi connectivity index (χ1) is 14.8. The maximum Gasteiger partial charge on any atom is 0.236 e. The van der Waals surface area contributed by atoms with Gasteiger partial charge in [0.25, 0.3) is 0 Å². The van der Waals surface area contributed by atoms with Crippen molar-refractivity contribution >= 4 is 36.4 Å². The number of carbonyl (C=O) groups excluding carboxylic acids is 1. The van der Waals surface area contributed by atoms with Crippen molar-refractivity contribution in [2.24, 2.45) is 0 Å². The van der Waals surface area contributed by atoms with Crippen molar-refractivity contribution in [1.29, 1.82) is 0 Å². The van der Waals surface area contributed by atoms with Gasteiger partial charge in [-0.05, 0) is 64.3 Å². The molecule has 7 heteroatoms. The molecular formula is C26H37Cl2N3O2. The zero-order chi connectivity index (χ0) is 22.2. The van der Waals surface area contributed by atoms with Gasteiger partial charge in [0.15, 0.2) is 0 Å². The molecule has 4 rings (SSSR count).